The fourth-order valence-electron chi connectivity index (χ4n) is 3.45. The number of hydrogen-bond donors (Lipinski definition) is 3. The van der Waals surface area contributed by atoms with Crippen molar-refractivity contribution in [2.75, 3.05) is 17.2 Å². The summed E-state index contributed by atoms with van der Waals surface area (Å²) in [5, 5.41) is 9.54. The lowest BCUT2D eigenvalue weighted by Gasteiger charge is -2.25. The number of aromatic nitrogens is 2. The van der Waals surface area contributed by atoms with Gasteiger partial charge >= 0.3 is 0 Å². The Kier molecular flexibility index (Phi) is 3.94. The molecule has 0 bridgehead atoms. The maximum absolute atomic E-state index is 12.2. The van der Waals surface area contributed by atoms with E-state index >= 15 is 0 Å². The fourth-order valence-corrected chi connectivity index (χ4v) is 3.45. The van der Waals surface area contributed by atoms with E-state index in [1.165, 1.54) is 0 Å². The summed E-state index contributed by atoms with van der Waals surface area (Å²) in [6, 6.07) is 1.82. The maximum atomic E-state index is 12.2. The molecule has 1 atom stereocenters. The summed E-state index contributed by atoms with van der Waals surface area (Å²) >= 11 is 0. The van der Waals surface area contributed by atoms with Crippen molar-refractivity contribution in [1.82, 2.24) is 15.3 Å². The Hall–Kier alpha value is -2.83. The second-order valence-electron chi connectivity index (χ2n) is 7.31. The van der Waals surface area contributed by atoms with Crippen LogP contribution in [0.5, 0.6) is 0 Å². The van der Waals surface area contributed by atoms with Gasteiger partial charge in [0.1, 0.15) is 5.52 Å². The number of carbonyl (C=O) groups excluding carboxylic acids is 1. The van der Waals surface area contributed by atoms with Crippen molar-refractivity contribution in [3.63, 3.8) is 0 Å². The molecule has 1 amide bonds. The molecule has 2 aliphatic rings. The van der Waals surface area contributed by atoms with E-state index in [1.807, 2.05) is 26.0 Å². The second-order valence-corrected chi connectivity index (χ2v) is 7.31. The first-order valence-electron chi connectivity index (χ1n) is 8.98. The van der Waals surface area contributed by atoms with Gasteiger partial charge in [0, 0.05) is 29.9 Å². The van der Waals surface area contributed by atoms with Crippen LogP contribution in [0.1, 0.15) is 33.6 Å². The zero-order valence-corrected chi connectivity index (χ0v) is 15.2. The van der Waals surface area contributed by atoms with Crippen LogP contribution < -0.4 is 16.0 Å². The number of nitrogens with one attached hydrogen (secondary N) is 3. The van der Waals surface area contributed by atoms with E-state index in [0.717, 1.165) is 36.3 Å². The van der Waals surface area contributed by atoms with Gasteiger partial charge in [-0.15, -0.1) is 0 Å². The smallest absolute Gasteiger partial charge is 0.230 e. The molecule has 2 aromatic heterocycles. The molecule has 1 fully saturated rings. The highest BCUT2D eigenvalue weighted by Gasteiger charge is 2.45. The van der Waals surface area contributed by atoms with Gasteiger partial charge in [-0.25, -0.2) is 4.98 Å². The Morgan fingerprint density at radius 2 is 2.23 bits per heavy atom. The van der Waals surface area contributed by atoms with E-state index in [2.05, 4.69) is 38.9 Å². The highest BCUT2D eigenvalue weighted by atomic mass is 16.3. The van der Waals surface area contributed by atoms with Crippen LogP contribution in [0.15, 0.2) is 40.3 Å². The summed E-state index contributed by atoms with van der Waals surface area (Å²) in [4.78, 5) is 21.2. The molecule has 7 nitrogen and oxygen atoms in total. The Morgan fingerprint density at radius 1 is 1.38 bits per heavy atom. The molecule has 26 heavy (non-hydrogen) atoms. The molecule has 0 aromatic carbocycles. The van der Waals surface area contributed by atoms with E-state index in [-0.39, 0.29) is 17.2 Å². The topological polar surface area (TPSA) is 92.1 Å². The first kappa shape index (κ1) is 16.6. The lowest BCUT2D eigenvalue weighted by atomic mass is 9.76. The van der Waals surface area contributed by atoms with Crippen LogP contribution in [-0.2, 0) is 4.79 Å². The van der Waals surface area contributed by atoms with Crippen molar-refractivity contribution in [3.8, 4) is 0 Å². The Morgan fingerprint density at radius 3 is 3.04 bits per heavy atom. The minimum atomic E-state index is -0.378. The number of amides is 1. The molecular formula is C19H23N5O2. The quantitative estimate of drug-likeness (QED) is 0.763. The average molecular weight is 353 g/mol. The zero-order chi connectivity index (χ0) is 18.3. The molecule has 3 N–H and O–H groups in total. The van der Waals surface area contributed by atoms with E-state index in [1.54, 1.807) is 6.26 Å². The first-order chi connectivity index (χ1) is 12.5. The van der Waals surface area contributed by atoms with Gasteiger partial charge in [-0.1, -0.05) is 26.8 Å². The van der Waals surface area contributed by atoms with Gasteiger partial charge in [0.25, 0.3) is 0 Å². The SMILES string of the molecule is CCCNc1nc(NC2=CCC3C(=C2)NC(=O)C3(C)C)nc2ccoc12. The molecule has 1 saturated heterocycles. The number of rotatable bonds is 5. The lowest BCUT2D eigenvalue weighted by Crippen LogP contribution is -2.28. The number of anilines is 2. The lowest BCUT2D eigenvalue weighted by molar-refractivity contribution is -0.127. The average Bonchev–Trinajstić information content (AvgIpc) is 3.16. The number of fused-ring (bicyclic) bond motifs is 2. The maximum Gasteiger partial charge on any atom is 0.230 e. The van der Waals surface area contributed by atoms with Crippen LogP contribution in [0, 0.1) is 11.3 Å². The Labute approximate surface area is 152 Å². The van der Waals surface area contributed by atoms with Gasteiger partial charge in [0.05, 0.1) is 11.7 Å². The van der Waals surface area contributed by atoms with Crippen molar-refractivity contribution in [1.29, 1.82) is 0 Å². The van der Waals surface area contributed by atoms with Gasteiger partial charge in [0.15, 0.2) is 11.4 Å². The summed E-state index contributed by atoms with van der Waals surface area (Å²) in [6.45, 7) is 6.88. The Balaban J connectivity index is 1.59. The normalized spacial score (nSPS) is 21.0. The molecule has 2 aromatic rings. The van der Waals surface area contributed by atoms with Crippen LogP contribution in [0.25, 0.3) is 11.1 Å². The third-order valence-corrected chi connectivity index (χ3v) is 5.08. The molecule has 0 spiro atoms. The number of allylic oxidation sites excluding steroid dienone is 3. The summed E-state index contributed by atoms with van der Waals surface area (Å²) in [7, 11) is 0. The summed E-state index contributed by atoms with van der Waals surface area (Å²) in [5.74, 6) is 1.45. The predicted octanol–water partition coefficient (Wildman–Crippen LogP) is 3.40. The largest absolute Gasteiger partial charge is 0.459 e. The van der Waals surface area contributed by atoms with Crippen molar-refractivity contribution >= 4 is 28.8 Å². The number of nitrogens with zero attached hydrogens (tertiary/aromatic N) is 2. The van der Waals surface area contributed by atoms with E-state index in [9.17, 15) is 4.79 Å². The van der Waals surface area contributed by atoms with Gasteiger partial charge in [-0.05, 0) is 18.9 Å². The van der Waals surface area contributed by atoms with Crippen molar-refractivity contribution < 1.29 is 9.21 Å². The third-order valence-electron chi connectivity index (χ3n) is 5.08. The minimum absolute atomic E-state index is 0.0746. The first-order valence-corrected chi connectivity index (χ1v) is 8.98. The molecular weight excluding hydrogens is 330 g/mol. The number of furan rings is 1. The van der Waals surface area contributed by atoms with Gasteiger partial charge in [0.2, 0.25) is 11.9 Å². The van der Waals surface area contributed by atoms with Crippen molar-refractivity contribution in [2.45, 2.75) is 33.6 Å². The monoisotopic (exact) mass is 353 g/mol. The third kappa shape index (κ3) is 2.73. The fraction of sp³-hybridized carbons (Fsp3) is 0.421. The molecule has 4 rings (SSSR count). The molecule has 3 heterocycles. The molecule has 1 aliphatic heterocycles. The Bertz CT molecular complexity index is 925. The molecule has 1 unspecified atom stereocenters. The highest BCUT2D eigenvalue weighted by Crippen LogP contribution is 2.42. The minimum Gasteiger partial charge on any atom is -0.459 e. The molecule has 0 saturated carbocycles. The molecule has 0 radical (unpaired) electrons. The highest BCUT2D eigenvalue weighted by molar-refractivity contribution is 5.88. The van der Waals surface area contributed by atoms with Crippen molar-refractivity contribution in [2.24, 2.45) is 11.3 Å². The molecule has 7 heteroatoms. The van der Waals surface area contributed by atoms with Crippen LogP contribution in [0.4, 0.5) is 11.8 Å². The van der Waals surface area contributed by atoms with Crippen LogP contribution >= 0.6 is 0 Å². The summed E-state index contributed by atoms with van der Waals surface area (Å²) in [6.07, 6.45) is 7.47. The van der Waals surface area contributed by atoms with Gasteiger partial charge in [-0.3, -0.25) is 4.79 Å². The van der Waals surface area contributed by atoms with Gasteiger partial charge < -0.3 is 20.4 Å². The van der Waals surface area contributed by atoms with E-state index < -0.39 is 0 Å². The molecule has 1 aliphatic carbocycles. The predicted molar refractivity (Wildman–Crippen MR) is 100 cm³/mol. The van der Waals surface area contributed by atoms with Gasteiger partial charge in [-0.2, -0.15) is 4.98 Å². The molecule has 136 valence electrons. The van der Waals surface area contributed by atoms with Crippen molar-refractivity contribution in [3.05, 3.63) is 35.9 Å². The second kappa shape index (κ2) is 6.16. The van der Waals surface area contributed by atoms with Crippen LogP contribution in [-0.4, -0.2) is 22.4 Å². The zero-order valence-electron chi connectivity index (χ0n) is 15.2. The van der Waals surface area contributed by atoms with E-state index in [4.69, 9.17) is 4.42 Å². The van der Waals surface area contributed by atoms with Crippen LogP contribution in [0.3, 0.4) is 0 Å². The number of hydrogen-bond acceptors (Lipinski definition) is 6. The van der Waals surface area contributed by atoms with Crippen LogP contribution in [0.2, 0.25) is 0 Å². The van der Waals surface area contributed by atoms with E-state index in [0.29, 0.717) is 17.3 Å². The summed E-state index contributed by atoms with van der Waals surface area (Å²) < 4.78 is 5.49. The standard InChI is InChI=1S/C19H23N5O2/c1-4-8-20-16-15-13(7-9-26-15)23-18(24-16)21-11-5-6-12-14(10-11)22-17(25)19(12,2)3/h5,7,9-10,12H,4,6,8H2,1-3H3,(H,22,25)(H2,20,21,23,24). The summed E-state index contributed by atoms with van der Waals surface area (Å²) in [5.41, 5.74) is 2.87. The number of carbonyl (C=O) groups is 1.